The van der Waals surface area contributed by atoms with Crippen molar-refractivity contribution in [3.63, 3.8) is 0 Å². The van der Waals surface area contributed by atoms with Crippen molar-refractivity contribution in [3.05, 3.63) is 36.3 Å². The minimum absolute atomic E-state index is 0. The van der Waals surface area contributed by atoms with Crippen LogP contribution in [-0.2, 0) is 15.2 Å². The molecular weight excluding hydrogens is 499 g/mol. The lowest BCUT2D eigenvalue weighted by Crippen LogP contribution is -2.44. The highest BCUT2D eigenvalue weighted by Crippen LogP contribution is 2.52. The van der Waals surface area contributed by atoms with Crippen molar-refractivity contribution >= 4 is 41.8 Å². The zero-order chi connectivity index (χ0) is 20.6. The minimum Gasteiger partial charge on any atom is -0.466 e. The van der Waals surface area contributed by atoms with Crippen molar-refractivity contribution < 1.29 is 19.1 Å². The van der Waals surface area contributed by atoms with E-state index < -0.39 is 5.60 Å². The second-order valence-corrected chi connectivity index (χ2v) is 8.20. The number of imide groups is 1. The van der Waals surface area contributed by atoms with Crippen molar-refractivity contribution in [1.82, 2.24) is 15.5 Å². The molecule has 5 unspecified atom stereocenters. The lowest BCUT2D eigenvalue weighted by Gasteiger charge is -2.21. The molecule has 0 aromatic carbocycles. The normalized spacial score (nSPS) is 29.0. The molecule has 2 amide bonds. The summed E-state index contributed by atoms with van der Waals surface area (Å²) in [4.78, 5) is 31.3. The summed E-state index contributed by atoms with van der Waals surface area (Å²) in [7, 11) is 0. The Kier molecular flexibility index (Phi) is 6.91. The maximum absolute atomic E-state index is 12.7. The van der Waals surface area contributed by atoms with Gasteiger partial charge < -0.3 is 20.2 Å². The average Bonchev–Trinajstić information content (AvgIpc) is 3.47. The summed E-state index contributed by atoms with van der Waals surface area (Å²) >= 11 is 0. The number of nitrogens with zero attached hydrogens (tertiary/aromatic N) is 2. The molecule has 5 atom stereocenters. The fraction of sp³-hybridized carbons (Fsp3) is 0.571. The van der Waals surface area contributed by atoms with Gasteiger partial charge in [-0.1, -0.05) is 12.2 Å². The van der Waals surface area contributed by atoms with Crippen LogP contribution in [0.15, 0.2) is 40.0 Å². The van der Waals surface area contributed by atoms with Crippen LogP contribution in [0, 0.1) is 23.7 Å². The Balaban J connectivity index is 0.00000256. The number of likely N-dealkylation sites (tertiary alicyclic amines) is 1. The van der Waals surface area contributed by atoms with E-state index in [0.717, 1.165) is 6.42 Å². The van der Waals surface area contributed by atoms with Crippen LogP contribution in [0.1, 0.15) is 26.0 Å². The zero-order valence-electron chi connectivity index (χ0n) is 17.2. The molecule has 0 spiro atoms. The SMILES string of the molecule is CCNC(=NCC(C)(O)c1ccco1)NCCN1C(=O)C2C3C=CC(C3)C2C1=O.I. The number of nitrogens with one attached hydrogen (secondary N) is 2. The summed E-state index contributed by atoms with van der Waals surface area (Å²) in [5, 5.41) is 16.8. The fourth-order valence-corrected chi connectivity index (χ4v) is 4.71. The Morgan fingerprint density at radius 3 is 2.50 bits per heavy atom. The van der Waals surface area contributed by atoms with Gasteiger partial charge in [0.05, 0.1) is 24.6 Å². The number of aliphatic hydroxyl groups is 1. The van der Waals surface area contributed by atoms with Gasteiger partial charge in [-0.05, 0) is 44.2 Å². The van der Waals surface area contributed by atoms with E-state index in [9.17, 15) is 14.7 Å². The minimum atomic E-state index is -1.23. The first-order valence-electron chi connectivity index (χ1n) is 10.2. The van der Waals surface area contributed by atoms with E-state index in [1.807, 2.05) is 6.92 Å². The van der Waals surface area contributed by atoms with Gasteiger partial charge in [0, 0.05) is 19.6 Å². The second kappa shape index (κ2) is 9.09. The molecule has 2 fully saturated rings. The van der Waals surface area contributed by atoms with Crippen molar-refractivity contribution in [2.45, 2.75) is 25.9 Å². The number of hydrogen-bond acceptors (Lipinski definition) is 5. The molecule has 2 heterocycles. The molecular formula is C21H29IN4O4. The van der Waals surface area contributed by atoms with Gasteiger partial charge in [0.25, 0.3) is 0 Å². The van der Waals surface area contributed by atoms with Crippen molar-refractivity contribution in [1.29, 1.82) is 0 Å². The predicted octanol–water partition coefficient (Wildman–Crippen LogP) is 1.47. The number of fused-ring (bicyclic) bond motifs is 5. The van der Waals surface area contributed by atoms with E-state index in [2.05, 4.69) is 27.8 Å². The predicted molar refractivity (Wildman–Crippen MR) is 122 cm³/mol. The number of carbonyl (C=O) groups is 2. The Hall–Kier alpha value is -1.88. The van der Waals surface area contributed by atoms with E-state index in [1.54, 1.807) is 19.1 Å². The topological polar surface area (TPSA) is 107 Å². The van der Waals surface area contributed by atoms with E-state index in [1.165, 1.54) is 11.2 Å². The highest BCUT2D eigenvalue weighted by molar-refractivity contribution is 14.0. The van der Waals surface area contributed by atoms with Crippen LogP contribution >= 0.6 is 24.0 Å². The van der Waals surface area contributed by atoms with Crippen LogP contribution in [0.3, 0.4) is 0 Å². The smallest absolute Gasteiger partial charge is 0.233 e. The Morgan fingerprint density at radius 2 is 1.93 bits per heavy atom. The van der Waals surface area contributed by atoms with Crippen molar-refractivity contribution in [2.75, 3.05) is 26.2 Å². The maximum atomic E-state index is 12.7. The molecule has 8 nitrogen and oxygen atoms in total. The van der Waals surface area contributed by atoms with Gasteiger partial charge in [-0.25, -0.2) is 4.99 Å². The number of furan rings is 1. The van der Waals surface area contributed by atoms with Gasteiger partial charge in [0.2, 0.25) is 11.8 Å². The molecule has 2 bridgehead atoms. The van der Waals surface area contributed by atoms with Gasteiger partial charge in [-0.3, -0.25) is 14.5 Å². The molecule has 1 aromatic heterocycles. The average molecular weight is 528 g/mol. The molecule has 4 rings (SSSR count). The number of guanidine groups is 1. The molecule has 3 N–H and O–H groups in total. The van der Waals surface area contributed by atoms with Crippen molar-refractivity contribution in [3.8, 4) is 0 Å². The number of carbonyl (C=O) groups excluding carboxylic acids is 2. The number of aliphatic imine (C=N–C) groups is 1. The van der Waals surface area contributed by atoms with E-state index >= 15 is 0 Å². The monoisotopic (exact) mass is 528 g/mol. The third-order valence-electron chi connectivity index (χ3n) is 6.13. The van der Waals surface area contributed by atoms with E-state index in [4.69, 9.17) is 4.42 Å². The molecule has 30 heavy (non-hydrogen) atoms. The van der Waals surface area contributed by atoms with Crippen LogP contribution in [-0.4, -0.2) is 54.0 Å². The van der Waals surface area contributed by atoms with Crippen LogP contribution in [0.2, 0.25) is 0 Å². The molecule has 1 saturated heterocycles. The summed E-state index contributed by atoms with van der Waals surface area (Å²) in [5.41, 5.74) is -1.23. The lowest BCUT2D eigenvalue weighted by atomic mass is 9.85. The van der Waals surface area contributed by atoms with Gasteiger partial charge >= 0.3 is 0 Å². The molecule has 0 radical (unpaired) electrons. The number of amides is 2. The highest BCUT2D eigenvalue weighted by atomic mass is 127. The molecule has 164 valence electrons. The summed E-state index contributed by atoms with van der Waals surface area (Å²) in [6.45, 7) is 5.05. The third kappa shape index (κ3) is 4.14. The van der Waals surface area contributed by atoms with E-state index in [-0.39, 0.29) is 66.0 Å². The van der Waals surface area contributed by atoms with Crippen LogP contribution in [0.25, 0.3) is 0 Å². The van der Waals surface area contributed by atoms with Crippen molar-refractivity contribution in [2.24, 2.45) is 28.7 Å². The first kappa shape index (κ1) is 22.8. The number of rotatable bonds is 7. The van der Waals surface area contributed by atoms with Gasteiger partial charge in [-0.2, -0.15) is 0 Å². The molecule has 2 aliphatic carbocycles. The Morgan fingerprint density at radius 1 is 1.27 bits per heavy atom. The van der Waals surface area contributed by atoms with Crippen LogP contribution in [0.5, 0.6) is 0 Å². The zero-order valence-corrected chi connectivity index (χ0v) is 19.5. The maximum Gasteiger partial charge on any atom is 0.233 e. The fourth-order valence-electron chi connectivity index (χ4n) is 4.71. The number of hydrogen-bond donors (Lipinski definition) is 3. The summed E-state index contributed by atoms with van der Waals surface area (Å²) in [6.07, 6.45) is 6.64. The summed E-state index contributed by atoms with van der Waals surface area (Å²) in [5.74, 6) is 0.998. The van der Waals surface area contributed by atoms with Crippen LogP contribution < -0.4 is 10.6 Å². The molecule has 9 heteroatoms. The Labute approximate surface area is 193 Å². The molecule has 1 aliphatic heterocycles. The van der Waals surface area contributed by atoms with Crippen LogP contribution in [0.4, 0.5) is 0 Å². The lowest BCUT2D eigenvalue weighted by molar-refractivity contribution is -0.140. The molecule has 3 aliphatic rings. The number of halogens is 1. The second-order valence-electron chi connectivity index (χ2n) is 8.20. The van der Waals surface area contributed by atoms with Gasteiger partial charge in [0.15, 0.2) is 5.96 Å². The molecule has 1 saturated carbocycles. The summed E-state index contributed by atoms with van der Waals surface area (Å²) < 4.78 is 5.27. The van der Waals surface area contributed by atoms with Gasteiger partial charge in [-0.15, -0.1) is 24.0 Å². The van der Waals surface area contributed by atoms with E-state index in [0.29, 0.717) is 31.4 Å². The largest absolute Gasteiger partial charge is 0.466 e. The summed E-state index contributed by atoms with van der Waals surface area (Å²) in [6, 6.07) is 3.43. The Bertz CT molecular complexity index is 806. The molecule has 1 aromatic rings. The standard InChI is InChI=1S/C21H28N4O4.HI/c1-3-22-20(24-12-21(2,28)15-5-4-10-29-15)23-8-9-25-18(26)16-13-6-7-14(11-13)17(16)19(25)27;/h4-7,10,13-14,16-17,28H,3,8-9,11-12H2,1-2H3,(H2,22,23,24);1H. The first-order chi connectivity index (χ1) is 13.9. The van der Waals surface area contributed by atoms with Gasteiger partial charge in [0.1, 0.15) is 11.4 Å². The highest BCUT2D eigenvalue weighted by Gasteiger charge is 2.58. The third-order valence-corrected chi connectivity index (χ3v) is 6.13. The number of allylic oxidation sites excluding steroid dienone is 2. The first-order valence-corrected chi connectivity index (χ1v) is 10.2. The quantitative estimate of drug-likeness (QED) is 0.163.